The summed E-state index contributed by atoms with van der Waals surface area (Å²) in [6.45, 7) is 0.654. The number of thioether (sulfide) groups is 1. The van der Waals surface area contributed by atoms with Crippen LogP contribution in [0.25, 0.3) is 6.08 Å². The Morgan fingerprint density at radius 3 is 2.56 bits per heavy atom. The van der Waals surface area contributed by atoms with Gasteiger partial charge >= 0.3 is 5.97 Å². The van der Waals surface area contributed by atoms with E-state index < -0.39 is 5.97 Å². The normalized spacial score (nSPS) is 14.7. The van der Waals surface area contributed by atoms with E-state index in [2.05, 4.69) is 0 Å². The summed E-state index contributed by atoms with van der Waals surface area (Å²) in [7, 11) is 1.54. The molecule has 1 N–H and O–H groups in total. The van der Waals surface area contributed by atoms with Crippen LogP contribution < -0.4 is 9.47 Å². The number of carboxylic acid groups (broad SMARTS) is 1. The fraction of sp³-hybridized carbons (Fsp3) is 0.292. The van der Waals surface area contributed by atoms with Crippen molar-refractivity contribution in [1.82, 2.24) is 4.90 Å². The fourth-order valence-corrected chi connectivity index (χ4v) is 5.10. The molecule has 34 heavy (non-hydrogen) atoms. The third-order valence-corrected chi connectivity index (χ3v) is 7.15. The first-order valence-corrected chi connectivity index (χ1v) is 12.5. The van der Waals surface area contributed by atoms with Crippen molar-refractivity contribution in [3.63, 3.8) is 0 Å². The van der Waals surface area contributed by atoms with Crippen LogP contribution in [-0.2, 0) is 16.2 Å². The van der Waals surface area contributed by atoms with Crippen molar-refractivity contribution in [3.8, 4) is 11.5 Å². The van der Waals surface area contributed by atoms with Crippen LogP contribution in [0.2, 0.25) is 10.0 Å². The predicted molar refractivity (Wildman–Crippen MR) is 140 cm³/mol. The van der Waals surface area contributed by atoms with Gasteiger partial charge in [0.2, 0.25) is 0 Å². The lowest BCUT2D eigenvalue weighted by Gasteiger charge is -2.14. The van der Waals surface area contributed by atoms with Crippen molar-refractivity contribution in [3.05, 3.63) is 62.5 Å². The second kappa shape index (κ2) is 12.4. The number of ether oxygens (including phenoxy) is 2. The summed E-state index contributed by atoms with van der Waals surface area (Å²) < 4.78 is 11.9. The maximum absolute atomic E-state index is 12.8. The summed E-state index contributed by atoms with van der Waals surface area (Å²) in [6, 6.07) is 10.6. The largest absolute Gasteiger partial charge is 0.493 e. The molecule has 0 aliphatic carbocycles. The molecule has 0 spiro atoms. The quantitative estimate of drug-likeness (QED) is 0.200. The molecule has 1 fully saturated rings. The first-order chi connectivity index (χ1) is 16.3. The highest BCUT2D eigenvalue weighted by atomic mass is 35.5. The Hall–Kier alpha value is -2.26. The molecule has 2 aromatic carbocycles. The summed E-state index contributed by atoms with van der Waals surface area (Å²) in [5.74, 6) is 0.0596. The van der Waals surface area contributed by atoms with Crippen LogP contribution in [0.5, 0.6) is 11.5 Å². The van der Waals surface area contributed by atoms with Crippen LogP contribution >= 0.6 is 47.2 Å². The van der Waals surface area contributed by atoms with E-state index in [4.69, 9.17) is 50.0 Å². The average Bonchev–Trinajstić information content (AvgIpc) is 3.06. The minimum Gasteiger partial charge on any atom is -0.493 e. The Morgan fingerprint density at radius 1 is 1.15 bits per heavy atom. The number of nitrogens with zero attached hydrogens (tertiary/aromatic N) is 1. The number of halogens is 2. The number of carbonyl (C=O) groups is 2. The van der Waals surface area contributed by atoms with Gasteiger partial charge < -0.3 is 14.6 Å². The van der Waals surface area contributed by atoms with Crippen molar-refractivity contribution in [2.75, 3.05) is 13.7 Å². The molecule has 0 atom stereocenters. The minimum absolute atomic E-state index is 0.130. The van der Waals surface area contributed by atoms with E-state index in [1.54, 1.807) is 41.3 Å². The van der Waals surface area contributed by atoms with Crippen LogP contribution in [-0.4, -0.2) is 39.9 Å². The summed E-state index contributed by atoms with van der Waals surface area (Å²) in [4.78, 5) is 25.5. The summed E-state index contributed by atoms with van der Waals surface area (Å²) in [5.41, 5.74) is 1.45. The molecule has 0 bridgehead atoms. The molecule has 2 aromatic rings. The van der Waals surface area contributed by atoms with Crippen LogP contribution in [0, 0.1) is 0 Å². The number of amides is 1. The number of rotatable bonds is 11. The number of carboxylic acids is 1. The molecule has 0 saturated carbocycles. The van der Waals surface area contributed by atoms with E-state index in [1.807, 2.05) is 6.07 Å². The molecular formula is C24H23Cl2NO5S2. The molecule has 1 amide bonds. The smallest absolute Gasteiger partial charge is 0.303 e. The maximum Gasteiger partial charge on any atom is 0.303 e. The predicted octanol–water partition coefficient (Wildman–Crippen LogP) is 6.43. The first-order valence-electron chi connectivity index (χ1n) is 10.5. The van der Waals surface area contributed by atoms with Gasteiger partial charge in [0, 0.05) is 28.6 Å². The van der Waals surface area contributed by atoms with E-state index in [1.165, 1.54) is 18.9 Å². The fourth-order valence-electron chi connectivity index (χ4n) is 3.28. The number of carbonyl (C=O) groups excluding carboxylic acids is 1. The molecule has 0 aromatic heterocycles. The van der Waals surface area contributed by atoms with Gasteiger partial charge in [-0.15, -0.1) is 0 Å². The van der Waals surface area contributed by atoms with Gasteiger partial charge in [-0.3, -0.25) is 14.5 Å². The molecule has 1 heterocycles. The number of benzene rings is 2. The van der Waals surface area contributed by atoms with Gasteiger partial charge in [-0.2, -0.15) is 0 Å². The van der Waals surface area contributed by atoms with E-state index >= 15 is 0 Å². The topological polar surface area (TPSA) is 76.1 Å². The Kier molecular flexibility index (Phi) is 9.64. The molecule has 1 saturated heterocycles. The molecule has 6 nitrogen and oxygen atoms in total. The molecule has 10 heteroatoms. The molecule has 180 valence electrons. The van der Waals surface area contributed by atoms with Gasteiger partial charge in [0.05, 0.1) is 12.0 Å². The van der Waals surface area contributed by atoms with E-state index in [9.17, 15) is 9.59 Å². The Labute approximate surface area is 217 Å². The van der Waals surface area contributed by atoms with E-state index in [0.717, 1.165) is 12.0 Å². The lowest BCUT2D eigenvalue weighted by molar-refractivity contribution is -0.137. The summed E-state index contributed by atoms with van der Waals surface area (Å²) >= 11 is 19.0. The lowest BCUT2D eigenvalue weighted by Crippen LogP contribution is -2.29. The van der Waals surface area contributed by atoms with E-state index in [0.29, 0.717) is 55.7 Å². The average molecular weight is 540 g/mol. The number of unbranched alkanes of at least 4 members (excludes halogenated alkanes) is 2. The van der Waals surface area contributed by atoms with Crippen LogP contribution in [0.1, 0.15) is 36.8 Å². The van der Waals surface area contributed by atoms with Crippen molar-refractivity contribution in [2.24, 2.45) is 0 Å². The second-order valence-corrected chi connectivity index (χ2v) is 9.93. The second-order valence-electron chi connectivity index (χ2n) is 7.44. The van der Waals surface area contributed by atoms with Crippen LogP contribution in [0.3, 0.4) is 0 Å². The van der Waals surface area contributed by atoms with Gasteiger partial charge in [0.15, 0.2) is 11.5 Å². The van der Waals surface area contributed by atoms with E-state index in [-0.39, 0.29) is 18.9 Å². The number of methoxy groups -OCH3 is 1. The van der Waals surface area contributed by atoms with Gasteiger partial charge in [-0.1, -0.05) is 65.7 Å². The van der Waals surface area contributed by atoms with Crippen molar-refractivity contribution >= 4 is 69.5 Å². The Morgan fingerprint density at radius 2 is 1.88 bits per heavy atom. The van der Waals surface area contributed by atoms with Crippen molar-refractivity contribution in [1.29, 1.82) is 0 Å². The van der Waals surface area contributed by atoms with Crippen molar-refractivity contribution < 1.29 is 24.2 Å². The summed E-state index contributed by atoms with van der Waals surface area (Å²) in [6.07, 6.45) is 3.89. The van der Waals surface area contributed by atoms with Crippen LogP contribution in [0.15, 0.2) is 41.3 Å². The third-order valence-electron chi connectivity index (χ3n) is 5.07. The maximum atomic E-state index is 12.8. The first kappa shape index (κ1) is 26.3. The number of thiocarbonyl (C=S) groups is 1. The zero-order chi connectivity index (χ0) is 24.7. The number of hydrogen-bond donors (Lipinski definition) is 1. The molecule has 3 rings (SSSR count). The minimum atomic E-state index is -0.812. The lowest BCUT2D eigenvalue weighted by atomic mass is 10.1. The highest BCUT2D eigenvalue weighted by molar-refractivity contribution is 8.26. The zero-order valence-electron chi connectivity index (χ0n) is 18.4. The standard InChI is InChI=1S/C24H23Cl2NO5S2/c1-31-20-12-15(9-10-19(20)32-14-16-17(25)6-5-7-18(16)26)13-21-23(30)27(24(33)34-21)11-4-2-3-8-22(28)29/h5-7,9-10,12-13H,2-4,8,11,14H2,1H3,(H,28,29)/b21-13-. The molecule has 1 aliphatic rings. The van der Waals surface area contributed by atoms with Gasteiger partial charge in [-0.25, -0.2) is 0 Å². The van der Waals surface area contributed by atoms with Gasteiger partial charge in [-0.05, 0) is 48.7 Å². The highest BCUT2D eigenvalue weighted by Gasteiger charge is 2.31. The number of hydrogen-bond acceptors (Lipinski definition) is 6. The highest BCUT2D eigenvalue weighted by Crippen LogP contribution is 2.35. The molecule has 0 unspecified atom stereocenters. The van der Waals surface area contributed by atoms with Gasteiger partial charge in [0.25, 0.3) is 5.91 Å². The van der Waals surface area contributed by atoms with Gasteiger partial charge in [0.1, 0.15) is 10.9 Å². The molecular weight excluding hydrogens is 517 g/mol. The monoisotopic (exact) mass is 539 g/mol. The molecule has 1 aliphatic heterocycles. The Balaban J connectivity index is 1.65. The Bertz CT molecular complexity index is 1100. The van der Waals surface area contributed by atoms with Crippen LogP contribution in [0.4, 0.5) is 0 Å². The zero-order valence-corrected chi connectivity index (χ0v) is 21.5. The molecule has 0 radical (unpaired) electrons. The SMILES string of the molecule is COc1cc(/C=C2\SC(=S)N(CCCCCC(=O)O)C2=O)ccc1OCc1c(Cl)cccc1Cl. The summed E-state index contributed by atoms with van der Waals surface area (Å²) in [5, 5.41) is 9.76. The number of aliphatic carboxylic acids is 1. The third kappa shape index (κ3) is 6.88. The van der Waals surface area contributed by atoms with Crippen molar-refractivity contribution in [2.45, 2.75) is 32.3 Å².